The average Bonchev–Trinajstić information content (AvgIpc) is 2.45. The molecule has 0 aliphatic carbocycles. The molecular formula is C16H14BrCl2NO. The highest BCUT2D eigenvalue weighted by molar-refractivity contribution is 6.34. The van der Waals surface area contributed by atoms with Crippen molar-refractivity contribution in [3.63, 3.8) is 0 Å². The largest absolute Gasteiger partial charge is 1.00 e. The van der Waals surface area contributed by atoms with Crippen LogP contribution in [0.1, 0.15) is 11.1 Å². The topological polar surface area (TPSA) is 12.2 Å². The summed E-state index contributed by atoms with van der Waals surface area (Å²) in [7, 11) is 1.69. The van der Waals surface area contributed by atoms with Gasteiger partial charge in [-0.05, 0) is 17.7 Å². The van der Waals surface area contributed by atoms with Crippen molar-refractivity contribution in [3.8, 4) is 5.75 Å². The van der Waals surface area contributed by atoms with Crippen molar-refractivity contribution in [2.75, 3.05) is 13.7 Å². The molecule has 0 aromatic heterocycles. The number of hydrogen-bond donors (Lipinski definition) is 0. The first-order valence-corrected chi connectivity index (χ1v) is 7.16. The van der Waals surface area contributed by atoms with Crippen molar-refractivity contribution in [1.29, 1.82) is 0 Å². The maximum absolute atomic E-state index is 6.08. The molecule has 0 fully saturated rings. The van der Waals surface area contributed by atoms with Crippen LogP contribution in [0.2, 0.25) is 10.0 Å². The molecule has 0 spiro atoms. The van der Waals surface area contributed by atoms with Gasteiger partial charge in [0.25, 0.3) is 0 Å². The molecule has 0 atom stereocenters. The summed E-state index contributed by atoms with van der Waals surface area (Å²) in [5.74, 6) is 0.889. The summed E-state index contributed by atoms with van der Waals surface area (Å²) in [5, 5.41) is 1.29. The second-order valence-electron chi connectivity index (χ2n) is 4.73. The lowest BCUT2D eigenvalue weighted by Crippen LogP contribution is -3.00. The highest BCUT2D eigenvalue weighted by Crippen LogP contribution is 2.28. The van der Waals surface area contributed by atoms with E-state index in [2.05, 4.69) is 16.9 Å². The van der Waals surface area contributed by atoms with Crippen LogP contribution in [0.5, 0.6) is 5.75 Å². The van der Waals surface area contributed by atoms with E-state index in [-0.39, 0.29) is 17.0 Å². The zero-order valence-electron chi connectivity index (χ0n) is 11.4. The Morgan fingerprint density at radius 3 is 2.48 bits per heavy atom. The third kappa shape index (κ3) is 3.42. The summed E-state index contributed by atoms with van der Waals surface area (Å²) in [6, 6.07) is 11.7. The van der Waals surface area contributed by atoms with Crippen LogP contribution < -0.4 is 21.7 Å². The van der Waals surface area contributed by atoms with E-state index in [1.165, 1.54) is 5.56 Å². The van der Waals surface area contributed by atoms with Crippen LogP contribution in [0.4, 0.5) is 5.69 Å². The van der Waals surface area contributed by atoms with Gasteiger partial charge in [0.2, 0.25) is 5.69 Å². The first-order chi connectivity index (χ1) is 9.67. The summed E-state index contributed by atoms with van der Waals surface area (Å²) in [4.78, 5) is 0. The molecule has 1 aliphatic rings. The van der Waals surface area contributed by atoms with Gasteiger partial charge >= 0.3 is 0 Å². The Balaban J connectivity index is 0.00000161. The van der Waals surface area contributed by atoms with Gasteiger partial charge in [-0.25, -0.2) is 0 Å². The zero-order chi connectivity index (χ0) is 14.1. The van der Waals surface area contributed by atoms with Crippen molar-refractivity contribution in [2.45, 2.75) is 6.42 Å². The molecule has 2 nitrogen and oxygen atoms in total. The van der Waals surface area contributed by atoms with E-state index in [1.54, 1.807) is 13.2 Å². The number of halogens is 3. The van der Waals surface area contributed by atoms with Crippen LogP contribution in [-0.4, -0.2) is 24.4 Å². The fourth-order valence-electron chi connectivity index (χ4n) is 2.50. The standard InChI is InChI=1S/C16H14Cl2NO.BrH/c1-20-16-4-2-3-11-5-6-19(10-15(11)16)14-8-12(17)7-13(18)9-14;/h2-4,7-10H,5-6H2,1H3;1H/q+1;/p-1. The van der Waals surface area contributed by atoms with Gasteiger partial charge in [-0.1, -0.05) is 35.3 Å². The fourth-order valence-corrected chi connectivity index (χ4v) is 3.02. The molecular weight excluding hydrogens is 373 g/mol. The lowest BCUT2D eigenvalue weighted by molar-refractivity contribution is -0.436. The number of rotatable bonds is 2. The minimum atomic E-state index is 0. The Morgan fingerprint density at radius 2 is 1.81 bits per heavy atom. The minimum Gasteiger partial charge on any atom is -1.00 e. The number of hydrogen-bond acceptors (Lipinski definition) is 1. The number of nitrogens with zero attached hydrogens (tertiary/aromatic N) is 1. The Hall–Kier alpha value is -1.03. The lowest BCUT2D eigenvalue weighted by Gasteiger charge is -2.14. The molecule has 5 heteroatoms. The van der Waals surface area contributed by atoms with E-state index in [0.717, 1.165) is 30.0 Å². The van der Waals surface area contributed by atoms with Crippen LogP contribution in [0.3, 0.4) is 0 Å². The lowest BCUT2D eigenvalue weighted by atomic mass is 10.0. The van der Waals surface area contributed by atoms with Gasteiger partial charge in [-0.15, -0.1) is 0 Å². The molecule has 3 rings (SSSR count). The number of ether oxygens (including phenoxy) is 1. The molecule has 0 amide bonds. The molecule has 1 aliphatic heterocycles. The third-order valence-electron chi connectivity index (χ3n) is 3.46. The van der Waals surface area contributed by atoms with Gasteiger partial charge in [-0.2, -0.15) is 4.58 Å². The monoisotopic (exact) mass is 385 g/mol. The molecule has 0 N–H and O–H groups in total. The maximum Gasteiger partial charge on any atom is 0.208 e. The number of fused-ring (bicyclic) bond motifs is 1. The molecule has 1 heterocycles. The second kappa shape index (κ2) is 6.82. The summed E-state index contributed by atoms with van der Waals surface area (Å²) in [6.07, 6.45) is 3.06. The van der Waals surface area contributed by atoms with E-state index in [9.17, 15) is 0 Å². The summed E-state index contributed by atoms with van der Waals surface area (Å²) >= 11 is 12.2. The minimum absolute atomic E-state index is 0. The summed E-state index contributed by atoms with van der Waals surface area (Å²) < 4.78 is 7.59. The molecule has 2 aromatic rings. The van der Waals surface area contributed by atoms with Crippen molar-refractivity contribution in [2.24, 2.45) is 0 Å². The van der Waals surface area contributed by atoms with Crippen LogP contribution in [0, 0.1) is 0 Å². The SMILES string of the molecule is COc1cccc2c1C=[N+](c1cc(Cl)cc(Cl)c1)CC2.[Br-]. The molecule has 2 aromatic carbocycles. The van der Waals surface area contributed by atoms with Gasteiger partial charge < -0.3 is 21.7 Å². The molecule has 0 unspecified atom stereocenters. The Kier molecular flexibility index (Phi) is 5.31. The first kappa shape index (κ1) is 16.3. The zero-order valence-corrected chi connectivity index (χ0v) is 14.5. The third-order valence-corrected chi connectivity index (χ3v) is 3.90. The molecule has 0 saturated heterocycles. The van der Waals surface area contributed by atoms with Crippen LogP contribution in [-0.2, 0) is 6.42 Å². The van der Waals surface area contributed by atoms with Crippen molar-refractivity contribution < 1.29 is 26.3 Å². The van der Waals surface area contributed by atoms with Gasteiger partial charge in [0.05, 0.1) is 12.7 Å². The van der Waals surface area contributed by atoms with Crippen LogP contribution >= 0.6 is 23.2 Å². The Labute approximate surface area is 144 Å². The fraction of sp³-hybridized carbons (Fsp3) is 0.188. The van der Waals surface area contributed by atoms with Crippen molar-refractivity contribution in [1.82, 2.24) is 0 Å². The van der Waals surface area contributed by atoms with Gasteiger partial charge in [0.15, 0.2) is 12.8 Å². The van der Waals surface area contributed by atoms with Gasteiger partial charge in [0.1, 0.15) is 5.75 Å². The molecule has 110 valence electrons. The molecule has 21 heavy (non-hydrogen) atoms. The number of benzene rings is 2. The first-order valence-electron chi connectivity index (χ1n) is 6.41. The van der Waals surface area contributed by atoms with E-state index in [0.29, 0.717) is 10.0 Å². The normalized spacial score (nSPS) is 13.0. The van der Waals surface area contributed by atoms with Crippen molar-refractivity contribution >= 4 is 35.1 Å². The van der Waals surface area contributed by atoms with Crippen LogP contribution in [0.15, 0.2) is 36.4 Å². The van der Waals surface area contributed by atoms with E-state index in [1.807, 2.05) is 24.3 Å². The smallest absolute Gasteiger partial charge is 0.208 e. The average molecular weight is 387 g/mol. The maximum atomic E-state index is 6.08. The highest BCUT2D eigenvalue weighted by Gasteiger charge is 2.21. The number of methoxy groups -OCH3 is 1. The summed E-state index contributed by atoms with van der Waals surface area (Å²) in [5.41, 5.74) is 3.42. The summed E-state index contributed by atoms with van der Waals surface area (Å²) in [6.45, 7) is 0.900. The predicted molar refractivity (Wildman–Crippen MR) is 83.1 cm³/mol. The quantitative estimate of drug-likeness (QED) is 0.709. The van der Waals surface area contributed by atoms with E-state index in [4.69, 9.17) is 27.9 Å². The Morgan fingerprint density at radius 1 is 1.10 bits per heavy atom. The van der Waals surface area contributed by atoms with E-state index < -0.39 is 0 Å². The molecule has 0 bridgehead atoms. The Bertz CT molecular complexity index is 680. The molecule has 0 radical (unpaired) electrons. The van der Waals surface area contributed by atoms with Gasteiger partial charge in [0, 0.05) is 28.6 Å². The predicted octanol–water partition coefficient (Wildman–Crippen LogP) is 1.33. The highest BCUT2D eigenvalue weighted by atomic mass is 79.9. The molecule has 0 saturated carbocycles. The van der Waals surface area contributed by atoms with Crippen LogP contribution in [0.25, 0.3) is 0 Å². The van der Waals surface area contributed by atoms with E-state index >= 15 is 0 Å². The second-order valence-corrected chi connectivity index (χ2v) is 5.61. The van der Waals surface area contributed by atoms with Gasteiger partial charge in [-0.3, -0.25) is 0 Å². The van der Waals surface area contributed by atoms with Crippen molar-refractivity contribution in [3.05, 3.63) is 57.6 Å².